The summed E-state index contributed by atoms with van der Waals surface area (Å²) in [5, 5.41) is 13.0. The zero-order chi connectivity index (χ0) is 18.5. The van der Waals surface area contributed by atoms with E-state index in [0.29, 0.717) is 39.2 Å². The van der Waals surface area contributed by atoms with Crippen molar-refractivity contribution in [2.45, 2.75) is 31.8 Å². The van der Waals surface area contributed by atoms with E-state index >= 15 is 0 Å². The van der Waals surface area contributed by atoms with E-state index in [4.69, 9.17) is 16.3 Å². The van der Waals surface area contributed by atoms with Gasteiger partial charge in [-0.1, -0.05) is 41.1 Å². The molecule has 1 aromatic heterocycles. The van der Waals surface area contributed by atoms with Crippen LogP contribution in [0.1, 0.15) is 30.6 Å². The first-order valence-corrected chi connectivity index (χ1v) is 9.37. The van der Waals surface area contributed by atoms with Crippen LogP contribution >= 0.6 is 22.9 Å². The molecule has 1 aromatic carbocycles. The van der Waals surface area contributed by atoms with Gasteiger partial charge in [0.05, 0.1) is 5.02 Å². The fraction of sp³-hybridized carbons (Fsp3) is 0.333. The highest BCUT2D eigenvalue weighted by Gasteiger charge is 2.29. The molecule has 1 amide bonds. The van der Waals surface area contributed by atoms with Gasteiger partial charge in [-0.05, 0) is 31.7 Å². The van der Waals surface area contributed by atoms with Gasteiger partial charge in [0.25, 0.3) is 6.47 Å². The first kappa shape index (κ1) is 18.4. The third-order valence-electron chi connectivity index (χ3n) is 4.33. The molecule has 2 aromatic rings. The van der Waals surface area contributed by atoms with Gasteiger partial charge in [0.15, 0.2) is 5.13 Å². The SMILES string of the molecule is N#Cc1sc(NC(=O)C2CCCC(OC=O)C2)nc1-c1ccccc1Cl. The highest BCUT2D eigenvalue weighted by molar-refractivity contribution is 7.16. The summed E-state index contributed by atoms with van der Waals surface area (Å²) in [6.07, 6.45) is 2.61. The third kappa shape index (κ3) is 4.03. The number of hydrogen-bond donors (Lipinski definition) is 1. The van der Waals surface area contributed by atoms with E-state index in [-0.39, 0.29) is 17.9 Å². The van der Waals surface area contributed by atoms with Crippen LogP contribution in [-0.2, 0) is 14.3 Å². The molecule has 0 bridgehead atoms. The summed E-state index contributed by atoms with van der Waals surface area (Å²) in [6.45, 7) is 0.431. The number of hydrogen-bond acceptors (Lipinski definition) is 6. The lowest BCUT2D eigenvalue weighted by Crippen LogP contribution is -2.31. The molecule has 1 fully saturated rings. The van der Waals surface area contributed by atoms with Crippen LogP contribution in [0.3, 0.4) is 0 Å². The second kappa shape index (κ2) is 8.30. The molecule has 0 saturated heterocycles. The monoisotopic (exact) mass is 389 g/mol. The fourth-order valence-corrected chi connectivity index (χ4v) is 4.08. The highest BCUT2D eigenvalue weighted by Crippen LogP contribution is 2.35. The Labute approximate surface area is 159 Å². The van der Waals surface area contributed by atoms with Crippen molar-refractivity contribution < 1.29 is 14.3 Å². The van der Waals surface area contributed by atoms with Gasteiger partial charge in [-0.15, -0.1) is 0 Å². The number of carbonyl (C=O) groups is 2. The highest BCUT2D eigenvalue weighted by atomic mass is 35.5. The topological polar surface area (TPSA) is 92.1 Å². The molecule has 3 rings (SSSR count). The summed E-state index contributed by atoms with van der Waals surface area (Å²) in [6, 6.07) is 9.23. The maximum atomic E-state index is 12.5. The van der Waals surface area contributed by atoms with E-state index in [9.17, 15) is 14.9 Å². The number of nitrogens with one attached hydrogen (secondary N) is 1. The molecule has 1 N–H and O–H groups in total. The first-order valence-electron chi connectivity index (χ1n) is 8.18. The number of halogens is 1. The number of nitriles is 1. The number of nitrogens with zero attached hydrogens (tertiary/aromatic N) is 2. The molecule has 1 saturated carbocycles. The minimum Gasteiger partial charge on any atom is -0.465 e. The van der Waals surface area contributed by atoms with Crippen LogP contribution in [0.25, 0.3) is 11.3 Å². The van der Waals surface area contributed by atoms with Gasteiger partial charge < -0.3 is 10.1 Å². The van der Waals surface area contributed by atoms with Crippen molar-refractivity contribution in [3.8, 4) is 17.3 Å². The Balaban J connectivity index is 1.76. The van der Waals surface area contributed by atoms with Gasteiger partial charge >= 0.3 is 0 Å². The quantitative estimate of drug-likeness (QED) is 0.780. The minimum absolute atomic E-state index is 0.173. The molecule has 6 nitrogen and oxygen atoms in total. The lowest BCUT2D eigenvalue weighted by molar-refractivity contribution is -0.137. The van der Waals surface area contributed by atoms with Crippen molar-refractivity contribution in [1.82, 2.24) is 4.98 Å². The number of carbonyl (C=O) groups excluding carboxylic acids is 2. The van der Waals surface area contributed by atoms with Gasteiger partial charge in [0.2, 0.25) is 5.91 Å². The van der Waals surface area contributed by atoms with Crippen molar-refractivity contribution in [3.05, 3.63) is 34.2 Å². The average Bonchev–Trinajstić information content (AvgIpc) is 3.05. The molecular formula is C18H16ClN3O3S. The van der Waals surface area contributed by atoms with Crippen LogP contribution in [0.4, 0.5) is 5.13 Å². The Hall–Kier alpha value is -2.43. The Morgan fingerprint density at radius 3 is 2.96 bits per heavy atom. The predicted octanol–water partition coefficient (Wildman–Crippen LogP) is 4.01. The van der Waals surface area contributed by atoms with E-state index < -0.39 is 0 Å². The lowest BCUT2D eigenvalue weighted by atomic mass is 9.86. The van der Waals surface area contributed by atoms with Crippen molar-refractivity contribution in [1.29, 1.82) is 5.26 Å². The van der Waals surface area contributed by atoms with Gasteiger partial charge in [0, 0.05) is 11.5 Å². The zero-order valence-electron chi connectivity index (χ0n) is 13.8. The summed E-state index contributed by atoms with van der Waals surface area (Å²) >= 11 is 7.31. The van der Waals surface area contributed by atoms with Crippen LogP contribution in [0.5, 0.6) is 0 Å². The minimum atomic E-state index is -0.244. The van der Waals surface area contributed by atoms with E-state index in [1.165, 1.54) is 0 Å². The second-order valence-electron chi connectivity index (χ2n) is 6.00. The molecule has 134 valence electrons. The number of aromatic nitrogens is 1. The van der Waals surface area contributed by atoms with Gasteiger partial charge in [0.1, 0.15) is 22.7 Å². The molecule has 1 aliphatic carbocycles. The van der Waals surface area contributed by atoms with E-state index in [1.54, 1.807) is 18.2 Å². The van der Waals surface area contributed by atoms with Crippen molar-refractivity contribution >= 4 is 40.4 Å². The Kier molecular flexibility index (Phi) is 5.86. The number of anilines is 1. The Morgan fingerprint density at radius 2 is 2.23 bits per heavy atom. The molecule has 0 spiro atoms. The maximum Gasteiger partial charge on any atom is 0.293 e. The molecule has 2 unspecified atom stereocenters. The van der Waals surface area contributed by atoms with E-state index in [0.717, 1.165) is 30.6 Å². The van der Waals surface area contributed by atoms with Gasteiger partial charge in [-0.3, -0.25) is 9.59 Å². The normalized spacial score (nSPS) is 19.4. The smallest absolute Gasteiger partial charge is 0.293 e. The van der Waals surface area contributed by atoms with Gasteiger partial charge in [-0.25, -0.2) is 4.98 Å². The summed E-state index contributed by atoms with van der Waals surface area (Å²) in [7, 11) is 0. The third-order valence-corrected chi connectivity index (χ3v) is 5.54. The first-order chi connectivity index (χ1) is 12.6. The number of benzene rings is 1. The molecule has 2 atom stereocenters. The summed E-state index contributed by atoms with van der Waals surface area (Å²) in [4.78, 5) is 27.8. The van der Waals surface area contributed by atoms with Gasteiger partial charge in [-0.2, -0.15) is 5.26 Å². The predicted molar refractivity (Wildman–Crippen MR) is 98.8 cm³/mol. The van der Waals surface area contributed by atoms with Crippen LogP contribution in [0.2, 0.25) is 5.02 Å². The molecule has 1 heterocycles. The number of rotatable bonds is 5. The molecule has 0 aliphatic heterocycles. The number of thiazole rings is 1. The van der Waals surface area contributed by atoms with Crippen LogP contribution < -0.4 is 5.32 Å². The van der Waals surface area contributed by atoms with Crippen molar-refractivity contribution in [2.24, 2.45) is 5.92 Å². The van der Waals surface area contributed by atoms with Crippen LogP contribution in [0, 0.1) is 17.2 Å². The summed E-state index contributed by atoms with van der Waals surface area (Å²) < 4.78 is 4.99. The molecule has 8 heteroatoms. The Bertz CT molecular complexity index is 862. The van der Waals surface area contributed by atoms with E-state index in [2.05, 4.69) is 16.4 Å². The number of amides is 1. The maximum absolute atomic E-state index is 12.5. The van der Waals surface area contributed by atoms with Crippen molar-refractivity contribution in [3.63, 3.8) is 0 Å². The van der Waals surface area contributed by atoms with Crippen LogP contribution in [-0.4, -0.2) is 23.5 Å². The lowest BCUT2D eigenvalue weighted by Gasteiger charge is -2.26. The summed E-state index contributed by atoms with van der Waals surface area (Å²) in [5.74, 6) is -0.417. The van der Waals surface area contributed by atoms with Crippen LogP contribution in [0.15, 0.2) is 24.3 Å². The second-order valence-corrected chi connectivity index (χ2v) is 7.40. The number of ether oxygens (including phenoxy) is 1. The molecule has 1 aliphatic rings. The largest absolute Gasteiger partial charge is 0.465 e. The standard InChI is InChI=1S/C18H16ClN3O3S/c19-14-7-2-1-6-13(14)16-15(9-20)26-18(21-16)22-17(24)11-4-3-5-12(8-11)25-10-23/h1-2,6-7,10-12H,3-5,8H2,(H,21,22,24). The van der Waals surface area contributed by atoms with E-state index in [1.807, 2.05) is 6.07 Å². The average molecular weight is 390 g/mol. The molecule has 0 radical (unpaired) electrons. The molecule has 26 heavy (non-hydrogen) atoms. The Morgan fingerprint density at radius 1 is 1.42 bits per heavy atom. The fourth-order valence-electron chi connectivity index (χ4n) is 3.08. The summed E-state index contributed by atoms with van der Waals surface area (Å²) in [5.41, 5.74) is 1.11. The molecular weight excluding hydrogens is 374 g/mol. The van der Waals surface area contributed by atoms with Crippen molar-refractivity contribution in [2.75, 3.05) is 5.32 Å². The zero-order valence-corrected chi connectivity index (χ0v) is 15.3.